The van der Waals surface area contributed by atoms with Gasteiger partial charge in [-0.15, -0.1) is 0 Å². The van der Waals surface area contributed by atoms with Crippen molar-refractivity contribution in [3.8, 4) is 17.2 Å². The van der Waals surface area contributed by atoms with Crippen LogP contribution in [0.1, 0.15) is 27.7 Å². The van der Waals surface area contributed by atoms with Gasteiger partial charge in [0, 0.05) is 13.1 Å². The average Bonchev–Trinajstić information content (AvgIpc) is 2.74. The first kappa shape index (κ1) is 22.9. The second kappa shape index (κ2) is 9.57. The highest BCUT2D eigenvalue weighted by Crippen LogP contribution is 2.33. The molecular weight excluding hydrogens is 420 g/mol. The van der Waals surface area contributed by atoms with Gasteiger partial charge in [0.2, 0.25) is 16.1 Å². The van der Waals surface area contributed by atoms with Crippen LogP contribution in [0, 0.1) is 0 Å². The molecule has 0 aliphatic carbocycles. The van der Waals surface area contributed by atoms with Crippen LogP contribution in [-0.4, -0.2) is 50.5 Å². The third kappa shape index (κ3) is 5.11. The molecule has 1 amide bonds. The van der Waals surface area contributed by atoms with E-state index in [1.54, 1.807) is 38.1 Å². The van der Waals surface area contributed by atoms with Gasteiger partial charge in [-0.3, -0.25) is 4.79 Å². The number of hydrogen-bond donors (Lipinski definition) is 1. The van der Waals surface area contributed by atoms with Gasteiger partial charge >= 0.3 is 0 Å². The van der Waals surface area contributed by atoms with Crippen LogP contribution >= 0.6 is 0 Å². The zero-order chi connectivity index (χ0) is 22.6. The molecule has 2 aromatic rings. The molecule has 0 radical (unpaired) electrons. The zero-order valence-corrected chi connectivity index (χ0v) is 18.9. The van der Waals surface area contributed by atoms with Crippen molar-refractivity contribution < 1.29 is 27.4 Å². The number of benzene rings is 2. The summed E-state index contributed by atoms with van der Waals surface area (Å²) < 4.78 is 44.4. The van der Waals surface area contributed by atoms with E-state index in [2.05, 4.69) is 5.32 Å². The van der Waals surface area contributed by atoms with Crippen LogP contribution in [0.25, 0.3) is 0 Å². The Morgan fingerprint density at radius 1 is 1.16 bits per heavy atom. The Bertz CT molecular complexity index is 1030. The number of anilines is 1. The van der Waals surface area contributed by atoms with E-state index in [9.17, 15) is 13.2 Å². The van der Waals surface area contributed by atoms with Crippen LogP contribution in [0.15, 0.2) is 47.4 Å². The smallest absolute Gasteiger partial charge is 0.269 e. The van der Waals surface area contributed by atoms with E-state index in [0.717, 1.165) is 0 Å². The number of sulfonamides is 1. The molecule has 1 heterocycles. The lowest BCUT2D eigenvalue weighted by Gasteiger charge is -2.26. The van der Waals surface area contributed by atoms with E-state index in [1.165, 1.54) is 16.4 Å². The lowest BCUT2D eigenvalue weighted by molar-refractivity contribution is -0.125. The minimum Gasteiger partial charge on any atom is -0.489 e. The summed E-state index contributed by atoms with van der Waals surface area (Å²) >= 11 is 0. The molecule has 1 N–H and O–H groups in total. The molecule has 0 aromatic heterocycles. The van der Waals surface area contributed by atoms with Crippen LogP contribution in [-0.2, 0) is 14.8 Å². The highest BCUT2D eigenvalue weighted by Gasteiger charge is 2.29. The topological polar surface area (TPSA) is 94.2 Å². The molecular formula is C22H28N2O6S. The highest BCUT2D eigenvalue weighted by molar-refractivity contribution is 7.89. The Labute approximate surface area is 183 Å². The maximum Gasteiger partial charge on any atom is 0.269 e. The summed E-state index contributed by atoms with van der Waals surface area (Å²) in [6.45, 7) is 7.98. The second-order valence-corrected chi connectivity index (χ2v) is 9.21. The average molecular weight is 449 g/mol. The first-order chi connectivity index (χ1) is 14.8. The summed E-state index contributed by atoms with van der Waals surface area (Å²) in [6.07, 6.45) is -1.05. The van der Waals surface area contributed by atoms with E-state index in [-0.39, 0.29) is 23.3 Å². The Hall–Kier alpha value is -2.78. The van der Waals surface area contributed by atoms with Crippen molar-refractivity contribution in [2.75, 3.05) is 25.0 Å². The number of nitrogens with one attached hydrogen (secondary N) is 1. The first-order valence-electron chi connectivity index (χ1n) is 10.3. The van der Waals surface area contributed by atoms with Crippen LogP contribution in [0.4, 0.5) is 5.69 Å². The summed E-state index contributed by atoms with van der Waals surface area (Å²) in [6, 6.07) is 11.6. The third-order valence-corrected chi connectivity index (χ3v) is 6.76. The monoisotopic (exact) mass is 448 g/mol. The number of amides is 1. The van der Waals surface area contributed by atoms with E-state index < -0.39 is 22.0 Å². The SMILES string of the molecule is CCN(CC)S(=O)(=O)c1ccc(OC(C)C)c(NC(=O)[C@H]2COc3ccccc3O2)c1. The second-order valence-electron chi connectivity index (χ2n) is 7.27. The molecule has 1 atom stereocenters. The fraction of sp³-hybridized carbons (Fsp3) is 0.409. The van der Waals surface area contributed by atoms with Crippen molar-refractivity contribution in [1.82, 2.24) is 4.31 Å². The summed E-state index contributed by atoms with van der Waals surface area (Å²) in [5.74, 6) is 0.965. The fourth-order valence-electron chi connectivity index (χ4n) is 3.20. The van der Waals surface area contributed by atoms with Gasteiger partial charge in [0.05, 0.1) is 16.7 Å². The van der Waals surface area contributed by atoms with E-state index in [0.29, 0.717) is 30.3 Å². The fourth-order valence-corrected chi connectivity index (χ4v) is 4.68. The number of ether oxygens (including phenoxy) is 3. The van der Waals surface area contributed by atoms with Crippen molar-refractivity contribution in [2.45, 2.75) is 44.8 Å². The minimum atomic E-state index is -3.70. The predicted octanol–water partition coefficient (Wildman–Crippen LogP) is 3.28. The lowest BCUT2D eigenvalue weighted by atomic mass is 10.2. The molecule has 0 unspecified atom stereocenters. The van der Waals surface area contributed by atoms with Crippen LogP contribution < -0.4 is 19.5 Å². The molecule has 3 rings (SSSR count). The standard InChI is InChI=1S/C22H28N2O6S/c1-5-24(6-2)31(26,27)16-11-12-18(29-15(3)4)17(13-16)23-22(25)21-14-28-19-9-7-8-10-20(19)30-21/h7-13,15,21H,5-6,14H2,1-4H3,(H,23,25)/t21-/m1/s1. The Balaban J connectivity index is 1.88. The van der Waals surface area contributed by atoms with Crippen LogP contribution in [0.5, 0.6) is 17.2 Å². The van der Waals surface area contributed by atoms with E-state index in [1.807, 2.05) is 19.9 Å². The highest BCUT2D eigenvalue weighted by atomic mass is 32.2. The molecule has 0 spiro atoms. The summed E-state index contributed by atoms with van der Waals surface area (Å²) in [5.41, 5.74) is 0.259. The lowest BCUT2D eigenvalue weighted by Crippen LogP contribution is -2.40. The summed E-state index contributed by atoms with van der Waals surface area (Å²) in [4.78, 5) is 13.0. The van der Waals surface area contributed by atoms with Crippen molar-refractivity contribution >= 4 is 21.6 Å². The largest absolute Gasteiger partial charge is 0.489 e. The van der Waals surface area contributed by atoms with Crippen molar-refractivity contribution in [1.29, 1.82) is 0 Å². The quantitative estimate of drug-likeness (QED) is 0.666. The minimum absolute atomic E-state index is 0.0423. The van der Waals surface area contributed by atoms with Gasteiger partial charge in [-0.1, -0.05) is 26.0 Å². The van der Waals surface area contributed by atoms with Gasteiger partial charge in [0.25, 0.3) is 5.91 Å². The molecule has 8 nitrogen and oxygen atoms in total. The molecule has 168 valence electrons. The molecule has 2 aromatic carbocycles. The number of para-hydroxylation sites is 2. The Kier molecular flexibility index (Phi) is 7.07. The van der Waals surface area contributed by atoms with Gasteiger partial charge in [-0.2, -0.15) is 4.31 Å². The van der Waals surface area contributed by atoms with Gasteiger partial charge in [-0.25, -0.2) is 8.42 Å². The zero-order valence-electron chi connectivity index (χ0n) is 18.1. The van der Waals surface area contributed by atoms with Gasteiger partial charge in [0.1, 0.15) is 12.4 Å². The third-order valence-electron chi connectivity index (χ3n) is 4.72. The number of nitrogens with zero attached hydrogens (tertiary/aromatic N) is 1. The molecule has 0 saturated heterocycles. The number of fused-ring (bicyclic) bond motifs is 1. The molecule has 1 aliphatic rings. The maximum absolute atomic E-state index is 12.9. The van der Waals surface area contributed by atoms with E-state index >= 15 is 0 Å². The number of carbonyl (C=O) groups is 1. The van der Waals surface area contributed by atoms with Crippen molar-refractivity contribution in [3.63, 3.8) is 0 Å². The van der Waals surface area contributed by atoms with Gasteiger partial charge in [0.15, 0.2) is 11.5 Å². The van der Waals surface area contributed by atoms with Crippen LogP contribution in [0.2, 0.25) is 0 Å². The van der Waals surface area contributed by atoms with Gasteiger partial charge < -0.3 is 19.5 Å². The van der Waals surface area contributed by atoms with E-state index in [4.69, 9.17) is 14.2 Å². The number of hydrogen-bond acceptors (Lipinski definition) is 6. The maximum atomic E-state index is 12.9. The normalized spacial score (nSPS) is 15.7. The molecule has 0 bridgehead atoms. The summed E-state index contributed by atoms with van der Waals surface area (Å²) in [7, 11) is -3.70. The van der Waals surface area contributed by atoms with Crippen molar-refractivity contribution in [3.05, 3.63) is 42.5 Å². The van der Waals surface area contributed by atoms with Gasteiger partial charge in [-0.05, 0) is 44.2 Å². The van der Waals surface area contributed by atoms with Crippen LogP contribution in [0.3, 0.4) is 0 Å². The predicted molar refractivity (Wildman–Crippen MR) is 117 cm³/mol. The molecule has 0 fully saturated rings. The summed E-state index contributed by atoms with van der Waals surface area (Å²) in [5, 5.41) is 2.75. The molecule has 0 saturated carbocycles. The molecule has 9 heteroatoms. The first-order valence-corrected chi connectivity index (χ1v) is 11.7. The molecule has 31 heavy (non-hydrogen) atoms. The van der Waals surface area contributed by atoms with Crippen molar-refractivity contribution in [2.24, 2.45) is 0 Å². The molecule has 1 aliphatic heterocycles. The Morgan fingerprint density at radius 2 is 1.84 bits per heavy atom. The number of rotatable bonds is 8. The number of carbonyl (C=O) groups excluding carboxylic acids is 1. The Morgan fingerprint density at radius 3 is 2.48 bits per heavy atom.